The first-order chi connectivity index (χ1) is 13.2. The van der Waals surface area contributed by atoms with Gasteiger partial charge in [0.15, 0.2) is 0 Å². The Morgan fingerprint density at radius 1 is 1.15 bits per heavy atom. The zero-order valence-corrected chi connectivity index (χ0v) is 15.8. The molecule has 3 nitrogen and oxygen atoms in total. The van der Waals surface area contributed by atoms with Gasteiger partial charge in [-0.3, -0.25) is 4.79 Å². The SMILES string of the molecule is CCCOc1ccc([C@H]2CC(=O)Nc3c(-c4ccc(F)cc4)csc32)cc1. The van der Waals surface area contributed by atoms with Gasteiger partial charge in [0.05, 0.1) is 12.3 Å². The van der Waals surface area contributed by atoms with Crippen molar-refractivity contribution in [1.82, 2.24) is 0 Å². The average molecular weight is 381 g/mol. The van der Waals surface area contributed by atoms with E-state index in [0.29, 0.717) is 13.0 Å². The Kier molecular flexibility index (Phi) is 4.94. The molecule has 0 unspecified atom stereocenters. The van der Waals surface area contributed by atoms with E-state index >= 15 is 0 Å². The van der Waals surface area contributed by atoms with Crippen LogP contribution in [0.3, 0.4) is 0 Å². The fraction of sp³-hybridized carbons (Fsp3) is 0.227. The molecule has 27 heavy (non-hydrogen) atoms. The van der Waals surface area contributed by atoms with Gasteiger partial charge in [0.1, 0.15) is 11.6 Å². The first kappa shape index (κ1) is 17.7. The topological polar surface area (TPSA) is 38.3 Å². The van der Waals surface area contributed by atoms with Gasteiger partial charge >= 0.3 is 0 Å². The van der Waals surface area contributed by atoms with Crippen molar-refractivity contribution in [3.05, 3.63) is 70.2 Å². The highest BCUT2D eigenvalue weighted by Gasteiger charge is 2.30. The van der Waals surface area contributed by atoms with Crippen molar-refractivity contribution in [2.24, 2.45) is 0 Å². The number of carbonyl (C=O) groups is 1. The molecule has 0 saturated heterocycles. The van der Waals surface area contributed by atoms with Gasteiger partial charge in [-0.25, -0.2) is 4.39 Å². The number of halogens is 1. The molecule has 0 bridgehead atoms. The summed E-state index contributed by atoms with van der Waals surface area (Å²) in [7, 11) is 0. The van der Waals surface area contributed by atoms with Gasteiger partial charge in [-0.15, -0.1) is 11.3 Å². The lowest BCUT2D eigenvalue weighted by Crippen LogP contribution is -2.22. The van der Waals surface area contributed by atoms with E-state index in [4.69, 9.17) is 4.74 Å². The zero-order chi connectivity index (χ0) is 18.8. The van der Waals surface area contributed by atoms with Crippen molar-refractivity contribution < 1.29 is 13.9 Å². The highest BCUT2D eigenvalue weighted by atomic mass is 32.1. The van der Waals surface area contributed by atoms with E-state index in [2.05, 4.69) is 12.2 Å². The number of nitrogens with one attached hydrogen (secondary N) is 1. The van der Waals surface area contributed by atoms with Gasteiger partial charge in [0.2, 0.25) is 5.91 Å². The Morgan fingerprint density at radius 2 is 1.89 bits per heavy atom. The molecule has 1 N–H and O–H groups in total. The van der Waals surface area contributed by atoms with E-state index in [1.165, 1.54) is 12.1 Å². The molecular formula is C22H20FNO2S. The molecule has 0 spiro atoms. The molecule has 1 aliphatic heterocycles. The maximum absolute atomic E-state index is 13.2. The van der Waals surface area contributed by atoms with Crippen molar-refractivity contribution in [1.29, 1.82) is 0 Å². The second-order valence-electron chi connectivity index (χ2n) is 6.62. The molecule has 0 aliphatic carbocycles. The Morgan fingerprint density at radius 3 is 2.59 bits per heavy atom. The molecule has 5 heteroatoms. The summed E-state index contributed by atoms with van der Waals surface area (Å²) in [4.78, 5) is 13.5. The fourth-order valence-corrected chi connectivity index (χ4v) is 4.52. The van der Waals surface area contributed by atoms with Gasteiger partial charge in [-0.1, -0.05) is 31.2 Å². The van der Waals surface area contributed by atoms with Crippen LogP contribution in [0.2, 0.25) is 0 Å². The molecule has 0 saturated carbocycles. The standard InChI is InChI=1S/C22H20FNO2S/c1-2-11-26-17-9-5-14(6-10-17)18-12-20(25)24-21-19(13-27-22(18)21)15-3-7-16(23)8-4-15/h3-10,13,18H,2,11-12H2,1H3,(H,24,25)/t18-/m1/s1. The van der Waals surface area contributed by atoms with Gasteiger partial charge in [0.25, 0.3) is 0 Å². The van der Waals surface area contributed by atoms with Crippen LogP contribution in [0.5, 0.6) is 5.75 Å². The first-order valence-corrected chi connectivity index (χ1v) is 9.93. The molecular weight excluding hydrogens is 361 g/mol. The lowest BCUT2D eigenvalue weighted by Gasteiger charge is -2.24. The molecule has 1 amide bonds. The van der Waals surface area contributed by atoms with Gasteiger partial charge in [-0.2, -0.15) is 0 Å². The number of hydrogen-bond acceptors (Lipinski definition) is 3. The molecule has 0 radical (unpaired) electrons. The van der Waals surface area contributed by atoms with E-state index in [1.807, 2.05) is 29.6 Å². The summed E-state index contributed by atoms with van der Waals surface area (Å²) in [5.74, 6) is 0.600. The largest absolute Gasteiger partial charge is 0.494 e. The summed E-state index contributed by atoms with van der Waals surface area (Å²) in [6, 6.07) is 14.4. The van der Waals surface area contributed by atoms with Crippen LogP contribution in [0.25, 0.3) is 11.1 Å². The van der Waals surface area contributed by atoms with E-state index in [0.717, 1.165) is 39.4 Å². The third-order valence-corrected chi connectivity index (χ3v) is 5.80. The highest BCUT2D eigenvalue weighted by molar-refractivity contribution is 7.11. The third-order valence-electron chi connectivity index (χ3n) is 4.70. The maximum atomic E-state index is 13.2. The molecule has 1 aromatic heterocycles. The van der Waals surface area contributed by atoms with Crippen molar-refractivity contribution >= 4 is 22.9 Å². The van der Waals surface area contributed by atoms with Gasteiger partial charge in [-0.05, 0) is 41.8 Å². The van der Waals surface area contributed by atoms with Gasteiger partial charge in [0, 0.05) is 28.2 Å². The summed E-state index contributed by atoms with van der Waals surface area (Å²) < 4.78 is 18.9. The number of benzene rings is 2. The molecule has 138 valence electrons. The predicted molar refractivity (Wildman–Crippen MR) is 107 cm³/mol. The van der Waals surface area contributed by atoms with Crippen LogP contribution in [0.4, 0.5) is 10.1 Å². The smallest absolute Gasteiger partial charge is 0.225 e. The van der Waals surface area contributed by atoms with Crippen LogP contribution in [0, 0.1) is 5.82 Å². The van der Waals surface area contributed by atoms with Crippen LogP contribution < -0.4 is 10.1 Å². The molecule has 1 aliphatic rings. The molecule has 2 aromatic carbocycles. The van der Waals surface area contributed by atoms with Crippen molar-refractivity contribution in [3.63, 3.8) is 0 Å². The quantitative estimate of drug-likeness (QED) is 0.605. The van der Waals surface area contributed by atoms with Crippen molar-refractivity contribution in [3.8, 4) is 16.9 Å². The summed E-state index contributed by atoms with van der Waals surface area (Å²) in [5, 5.41) is 5.05. The Bertz CT molecular complexity index is 947. The molecule has 1 atom stereocenters. The number of ether oxygens (including phenoxy) is 1. The number of fused-ring (bicyclic) bond motifs is 1. The van der Waals surface area contributed by atoms with E-state index in [-0.39, 0.29) is 17.6 Å². The molecule has 3 aromatic rings. The van der Waals surface area contributed by atoms with Crippen molar-refractivity contribution in [2.45, 2.75) is 25.7 Å². The van der Waals surface area contributed by atoms with E-state index in [9.17, 15) is 9.18 Å². The van der Waals surface area contributed by atoms with Crippen LogP contribution in [-0.2, 0) is 4.79 Å². The Balaban J connectivity index is 1.67. The number of amides is 1. The lowest BCUT2D eigenvalue weighted by atomic mass is 9.89. The summed E-state index contributed by atoms with van der Waals surface area (Å²) in [6.45, 7) is 2.77. The number of carbonyl (C=O) groups excluding carboxylic acids is 1. The first-order valence-electron chi connectivity index (χ1n) is 9.05. The van der Waals surface area contributed by atoms with Crippen LogP contribution in [0.1, 0.15) is 36.1 Å². The second kappa shape index (κ2) is 7.53. The van der Waals surface area contributed by atoms with E-state index < -0.39 is 0 Å². The van der Waals surface area contributed by atoms with Crippen LogP contribution in [0.15, 0.2) is 53.9 Å². The Hall–Kier alpha value is -2.66. The maximum Gasteiger partial charge on any atom is 0.225 e. The van der Waals surface area contributed by atoms with Gasteiger partial charge < -0.3 is 10.1 Å². The van der Waals surface area contributed by atoms with Crippen molar-refractivity contribution in [2.75, 3.05) is 11.9 Å². The minimum Gasteiger partial charge on any atom is -0.494 e. The zero-order valence-electron chi connectivity index (χ0n) is 15.0. The second-order valence-corrected chi connectivity index (χ2v) is 7.53. The van der Waals surface area contributed by atoms with Crippen LogP contribution >= 0.6 is 11.3 Å². The van der Waals surface area contributed by atoms with Crippen LogP contribution in [-0.4, -0.2) is 12.5 Å². The Labute approximate surface area is 161 Å². The highest BCUT2D eigenvalue weighted by Crippen LogP contribution is 2.46. The monoisotopic (exact) mass is 381 g/mol. The average Bonchev–Trinajstić information content (AvgIpc) is 3.10. The predicted octanol–water partition coefficient (Wildman–Crippen LogP) is 5.82. The summed E-state index contributed by atoms with van der Waals surface area (Å²) in [6.07, 6.45) is 1.39. The van der Waals surface area contributed by atoms with E-state index in [1.54, 1.807) is 23.5 Å². The summed E-state index contributed by atoms with van der Waals surface area (Å²) in [5.41, 5.74) is 3.79. The molecule has 0 fully saturated rings. The molecule has 2 heterocycles. The fourth-order valence-electron chi connectivity index (χ4n) is 3.35. The molecule has 4 rings (SSSR count). The minimum absolute atomic E-state index is 0.000529. The minimum atomic E-state index is -0.268. The number of thiophene rings is 1. The number of hydrogen-bond donors (Lipinski definition) is 1. The normalized spacial score (nSPS) is 15.9. The number of rotatable bonds is 5. The summed E-state index contributed by atoms with van der Waals surface area (Å²) >= 11 is 1.63. The lowest BCUT2D eigenvalue weighted by molar-refractivity contribution is -0.116. The third kappa shape index (κ3) is 3.60. The number of anilines is 1.